The summed E-state index contributed by atoms with van der Waals surface area (Å²) < 4.78 is 0. The van der Waals surface area contributed by atoms with Crippen LogP contribution in [-0.4, -0.2) is 35.2 Å². The Kier molecular flexibility index (Phi) is 5.02. The van der Waals surface area contributed by atoms with Crippen LogP contribution in [0, 0.1) is 6.92 Å². The molecule has 0 saturated carbocycles. The summed E-state index contributed by atoms with van der Waals surface area (Å²) in [5, 5.41) is 2.80. The van der Waals surface area contributed by atoms with Crippen LogP contribution in [0.25, 0.3) is 0 Å². The predicted molar refractivity (Wildman–Crippen MR) is 98.8 cm³/mol. The molecule has 3 rings (SSSR count). The summed E-state index contributed by atoms with van der Waals surface area (Å²) in [5.41, 5.74) is 8.08. The SMILES string of the molecule is Cc1ccc(C(=O)Nc2ccc(C(=O)N3CCC[C@H]3C(N)=O)cc2)cc1. The van der Waals surface area contributed by atoms with E-state index in [4.69, 9.17) is 5.73 Å². The van der Waals surface area contributed by atoms with Gasteiger partial charge in [0, 0.05) is 23.4 Å². The van der Waals surface area contributed by atoms with Gasteiger partial charge in [0.25, 0.3) is 11.8 Å². The normalized spacial score (nSPS) is 16.3. The van der Waals surface area contributed by atoms with Crippen LogP contribution in [-0.2, 0) is 4.79 Å². The van der Waals surface area contributed by atoms with Crippen LogP contribution in [0.3, 0.4) is 0 Å². The first-order chi connectivity index (χ1) is 12.5. The zero-order chi connectivity index (χ0) is 18.7. The van der Waals surface area contributed by atoms with Crippen LogP contribution in [0.2, 0.25) is 0 Å². The number of carbonyl (C=O) groups is 3. The lowest BCUT2D eigenvalue weighted by Crippen LogP contribution is -2.43. The molecule has 1 fully saturated rings. The summed E-state index contributed by atoms with van der Waals surface area (Å²) >= 11 is 0. The fraction of sp³-hybridized carbons (Fsp3) is 0.250. The minimum Gasteiger partial charge on any atom is -0.368 e. The highest BCUT2D eigenvalue weighted by Gasteiger charge is 2.33. The molecule has 3 N–H and O–H groups in total. The van der Waals surface area contributed by atoms with Crippen molar-refractivity contribution in [3.8, 4) is 0 Å². The summed E-state index contributed by atoms with van der Waals surface area (Å²) in [6.07, 6.45) is 1.37. The summed E-state index contributed by atoms with van der Waals surface area (Å²) in [4.78, 5) is 37.8. The number of primary amides is 1. The van der Waals surface area contributed by atoms with Crippen molar-refractivity contribution in [2.24, 2.45) is 5.73 Å². The molecule has 1 saturated heterocycles. The topological polar surface area (TPSA) is 92.5 Å². The number of hydrogen-bond acceptors (Lipinski definition) is 3. The van der Waals surface area contributed by atoms with Gasteiger partial charge in [0.05, 0.1) is 0 Å². The van der Waals surface area contributed by atoms with Gasteiger partial charge >= 0.3 is 0 Å². The van der Waals surface area contributed by atoms with Crippen LogP contribution in [0.15, 0.2) is 48.5 Å². The number of aryl methyl sites for hydroxylation is 1. The van der Waals surface area contributed by atoms with E-state index in [-0.39, 0.29) is 11.8 Å². The molecule has 0 unspecified atom stereocenters. The fourth-order valence-corrected chi connectivity index (χ4v) is 3.08. The number of benzene rings is 2. The molecule has 0 aliphatic carbocycles. The molecular formula is C20H21N3O3. The lowest BCUT2D eigenvalue weighted by Gasteiger charge is -2.22. The molecule has 1 heterocycles. The molecule has 0 spiro atoms. The maximum absolute atomic E-state index is 12.6. The third-order valence-corrected chi connectivity index (χ3v) is 4.55. The molecule has 1 aliphatic heterocycles. The van der Waals surface area contributed by atoms with Gasteiger partial charge in [0.2, 0.25) is 5.91 Å². The summed E-state index contributed by atoms with van der Waals surface area (Å²) in [6, 6.07) is 13.4. The van der Waals surface area contributed by atoms with Crippen molar-refractivity contribution < 1.29 is 14.4 Å². The minimum absolute atomic E-state index is 0.211. The zero-order valence-electron chi connectivity index (χ0n) is 14.6. The molecular weight excluding hydrogens is 330 g/mol. The number of nitrogens with two attached hydrogens (primary N) is 1. The van der Waals surface area contributed by atoms with Gasteiger partial charge in [-0.25, -0.2) is 0 Å². The molecule has 2 aromatic carbocycles. The number of likely N-dealkylation sites (tertiary alicyclic amines) is 1. The van der Waals surface area contributed by atoms with Crippen molar-refractivity contribution in [3.05, 3.63) is 65.2 Å². The average molecular weight is 351 g/mol. The number of amides is 3. The van der Waals surface area contributed by atoms with E-state index in [1.54, 1.807) is 36.4 Å². The first-order valence-corrected chi connectivity index (χ1v) is 8.54. The number of carbonyl (C=O) groups excluding carboxylic acids is 3. The second kappa shape index (κ2) is 7.39. The lowest BCUT2D eigenvalue weighted by molar-refractivity contribution is -0.121. The van der Waals surface area contributed by atoms with Crippen molar-refractivity contribution >= 4 is 23.4 Å². The lowest BCUT2D eigenvalue weighted by atomic mass is 10.1. The van der Waals surface area contributed by atoms with Gasteiger partial charge in [0.15, 0.2) is 0 Å². The first-order valence-electron chi connectivity index (χ1n) is 8.54. The van der Waals surface area contributed by atoms with E-state index in [1.807, 2.05) is 19.1 Å². The van der Waals surface area contributed by atoms with Crippen LogP contribution in [0.5, 0.6) is 0 Å². The largest absolute Gasteiger partial charge is 0.368 e. The Morgan fingerprint density at radius 3 is 2.23 bits per heavy atom. The Morgan fingerprint density at radius 2 is 1.62 bits per heavy atom. The quantitative estimate of drug-likeness (QED) is 0.885. The van der Waals surface area contributed by atoms with E-state index >= 15 is 0 Å². The summed E-state index contributed by atoms with van der Waals surface area (Å²) in [6.45, 7) is 2.49. The molecule has 134 valence electrons. The van der Waals surface area contributed by atoms with E-state index < -0.39 is 11.9 Å². The summed E-state index contributed by atoms with van der Waals surface area (Å²) in [5.74, 6) is -0.905. The Bertz CT molecular complexity index is 828. The molecule has 0 aromatic heterocycles. The minimum atomic E-state index is -0.539. The Labute approximate surface area is 152 Å². The van der Waals surface area contributed by atoms with Crippen LogP contribution >= 0.6 is 0 Å². The fourth-order valence-electron chi connectivity index (χ4n) is 3.08. The Balaban J connectivity index is 1.68. The van der Waals surface area contributed by atoms with Gasteiger partial charge < -0.3 is 16.0 Å². The Hall–Kier alpha value is -3.15. The molecule has 1 aliphatic rings. The highest BCUT2D eigenvalue weighted by atomic mass is 16.2. The van der Waals surface area contributed by atoms with E-state index in [1.165, 1.54) is 4.90 Å². The van der Waals surface area contributed by atoms with Crippen molar-refractivity contribution in [1.29, 1.82) is 0 Å². The molecule has 0 radical (unpaired) electrons. The second-order valence-corrected chi connectivity index (χ2v) is 6.46. The maximum Gasteiger partial charge on any atom is 0.255 e. The molecule has 2 aromatic rings. The van der Waals surface area contributed by atoms with E-state index in [0.717, 1.165) is 12.0 Å². The maximum atomic E-state index is 12.6. The van der Waals surface area contributed by atoms with Gasteiger partial charge in [-0.3, -0.25) is 14.4 Å². The van der Waals surface area contributed by atoms with Gasteiger partial charge in [-0.2, -0.15) is 0 Å². The Morgan fingerprint density at radius 1 is 1.00 bits per heavy atom. The molecule has 26 heavy (non-hydrogen) atoms. The third-order valence-electron chi connectivity index (χ3n) is 4.55. The third kappa shape index (κ3) is 3.74. The average Bonchev–Trinajstić information content (AvgIpc) is 3.12. The number of hydrogen-bond donors (Lipinski definition) is 2. The highest BCUT2D eigenvalue weighted by molar-refractivity contribution is 6.04. The van der Waals surface area contributed by atoms with E-state index in [0.29, 0.717) is 29.8 Å². The van der Waals surface area contributed by atoms with Crippen molar-refractivity contribution in [2.45, 2.75) is 25.8 Å². The van der Waals surface area contributed by atoms with Gasteiger partial charge in [-0.05, 0) is 56.2 Å². The first kappa shape index (κ1) is 17.7. The van der Waals surface area contributed by atoms with E-state index in [9.17, 15) is 14.4 Å². The second-order valence-electron chi connectivity index (χ2n) is 6.46. The van der Waals surface area contributed by atoms with Crippen LogP contribution < -0.4 is 11.1 Å². The molecule has 1 atom stereocenters. The summed E-state index contributed by atoms with van der Waals surface area (Å²) in [7, 11) is 0. The van der Waals surface area contributed by atoms with Crippen molar-refractivity contribution in [1.82, 2.24) is 4.90 Å². The van der Waals surface area contributed by atoms with Gasteiger partial charge in [-0.15, -0.1) is 0 Å². The van der Waals surface area contributed by atoms with Gasteiger partial charge in [0.1, 0.15) is 6.04 Å². The molecule has 6 heteroatoms. The number of anilines is 1. The zero-order valence-corrected chi connectivity index (χ0v) is 14.6. The highest BCUT2D eigenvalue weighted by Crippen LogP contribution is 2.21. The molecule has 3 amide bonds. The standard InChI is InChI=1S/C20H21N3O3/c1-13-4-6-14(7-5-13)19(25)22-16-10-8-15(9-11-16)20(26)23-12-2-3-17(23)18(21)24/h4-11,17H,2-3,12H2,1H3,(H2,21,24)(H,22,25)/t17-/m0/s1. The van der Waals surface area contributed by atoms with Crippen LogP contribution in [0.4, 0.5) is 5.69 Å². The number of nitrogens with zero attached hydrogens (tertiary/aromatic N) is 1. The van der Waals surface area contributed by atoms with Crippen LogP contribution in [0.1, 0.15) is 39.1 Å². The molecule has 0 bridgehead atoms. The predicted octanol–water partition coefficient (Wildman–Crippen LogP) is 2.34. The van der Waals surface area contributed by atoms with Gasteiger partial charge in [-0.1, -0.05) is 17.7 Å². The monoisotopic (exact) mass is 351 g/mol. The van der Waals surface area contributed by atoms with E-state index in [2.05, 4.69) is 5.32 Å². The number of nitrogens with one attached hydrogen (secondary N) is 1. The van der Waals surface area contributed by atoms with Crippen molar-refractivity contribution in [2.75, 3.05) is 11.9 Å². The number of rotatable bonds is 4. The molecule has 6 nitrogen and oxygen atoms in total. The van der Waals surface area contributed by atoms with Crippen molar-refractivity contribution in [3.63, 3.8) is 0 Å². The smallest absolute Gasteiger partial charge is 0.255 e.